The summed E-state index contributed by atoms with van der Waals surface area (Å²) >= 11 is 0. The second-order valence-electron chi connectivity index (χ2n) is 12.8. The summed E-state index contributed by atoms with van der Waals surface area (Å²) in [6.07, 6.45) is 3.38. The molecule has 0 unspecified atom stereocenters. The lowest BCUT2D eigenvalue weighted by Gasteiger charge is -2.50. The normalized spacial score (nSPS) is 30.3. The van der Waals surface area contributed by atoms with Gasteiger partial charge in [-0.3, -0.25) is 0 Å². The minimum Gasteiger partial charge on any atom is -0.458 e. The maximum absolute atomic E-state index is 13.2. The Kier molecular flexibility index (Phi) is 8.23. The van der Waals surface area contributed by atoms with E-state index in [1.54, 1.807) is 33.8 Å². The molecule has 1 aromatic rings. The first kappa shape index (κ1) is 29.8. The lowest BCUT2D eigenvalue weighted by molar-refractivity contribution is -0.223. The van der Waals surface area contributed by atoms with Gasteiger partial charge in [0.2, 0.25) is 0 Å². The first-order valence-electron chi connectivity index (χ1n) is 14.2. The maximum Gasteiger partial charge on any atom is 0.408 e. The molecule has 0 spiro atoms. The molecule has 2 aliphatic heterocycles. The lowest BCUT2D eigenvalue weighted by Crippen LogP contribution is -2.59. The van der Waals surface area contributed by atoms with Crippen molar-refractivity contribution in [3.63, 3.8) is 0 Å². The van der Waals surface area contributed by atoms with E-state index in [0.717, 1.165) is 24.0 Å². The molecule has 8 heteroatoms. The third kappa shape index (κ3) is 5.82. The molecule has 2 saturated heterocycles. The van der Waals surface area contributed by atoms with Gasteiger partial charge in [0.05, 0.1) is 0 Å². The largest absolute Gasteiger partial charge is 0.458 e. The number of amides is 1. The van der Waals surface area contributed by atoms with Gasteiger partial charge < -0.3 is 24.3 Å². The summed E-state index contributed by atoms with van der Waals surface area (Å²) < 4.78 is 24.5. The number of carbonyl (C=O) groups excluding carboxylic acids is 3. The number of allylic oxidation sites excluding steroid dienone is 1. The molecule has 218 valence electrons. The molecular weight excluding hydrogens is 510 g/mol. The molecule has 2 heterocycles. The van der Waals surface area contributed by atoms with Gasteiger partial charge in [-0.1, -0.05) is 49.8 Å². The Balaban J connectivity index is 1.58. The summed E-state index contributed by atoms with van der Waals surface area (Å²) in [6.45, 7) is 15.0. The van der Waals surface area contributed by atoms with Gasteiger partial charge >= 0.3 is 18.0 Å². The fraction of sp³-hybridized carbons (Fsp3) is 0.594. The van der Waals surface area contributed by atoms with E-state index in [9.17, 15) is 14.4 Å². The van der Waals surface area contributed by atoms with Gasteiger partial charge in [0.15, 0.2) is 6.10 Å². The number of hydrogen-bond donors (Lipinski definition) is 1. The van der Waals surface area contributed by atoms with Crippen LogP contribution in [0.2, 0.25) is 0 Å². The van der Waals surface area contributed by atoms with Crippen LogP contribution < -0.4 is 5.32 Å². The molecule has 0 saturated carbocycles. The minimum atomic E-state index is -0.911. The van der Waals surface area contributed by atoms with Crippen LogP contribution in [0.3, 0.4) is 0 Å². The van der Waals surface area contributed by atoms with E-state index in [4.69, 9.17) is 18.9 Å². The van der Waals surface area contributed by atoms with Crippen LogP contribution in [0, 0.1) is 11.8 Å². The molecule has 1 aromatic carbocycles. The van der Waals surface area contributed by atoms with Gasteiger partial charge in [0.25, 0.3) is 0 Å². The van der Waals surface area contributed by atoms with Crippen molar-refractivity contribution in [2.75, 3.05) is 0 Å². The Morgan fingerprint density at radius 3 is 2.40 bits per heavy atom. The van der Waals surface area contributed by atoms with Crippen molar-refractivity contribution in [3.8, 4) is 0 Å². The highest BCUT2D eigenvalue weighted by atomic mass is 16.6. The molecule has 2 bridgehead atoms. The number of ether oxygens (including phenoxy) is 4. The number of carbonyl (C=O) groups is 3. The number of hydrogen-bond acceptors (Lipinski definition) is 7. The van der Waals surface area contributed by atoms with Gasteiger partial charge in [-0.25, -0.2) is 14.4 Å². The number of rotatable bonds is 7. The first-order valence-corrected chi connectivity index (χ1v) is 14.2. The Morgan fingerprint density at radius 2 is 1.77 bits per heavy atom. The molecule has 8 nitrogen and oxygen atoms in total. The summed E-state index contributed by atoms with van der Waals surface area (Å²) in [5.74, 6) is -1.11. The van der Waals surface area contributed by atoms with E-state index in [1.807, 2.05) is 51.1 Å². The molecule has 1 amide bonds. The highest BCUT2D eigenvalue weighted by Gasteiger charge is 2.70. The summed E-state index contributed by atoms with van der Waals surface area (Å²) in [4.78, 5) is 38.6. The summed E-state index contributed by atoms with van der Waals surface area (Å²) in [5.41, 5.74) is 0.842. The molecular formula is C32H43NO7. The van der Waals surface area contributed by atoms with Crippen molar-refractivity contribution < 1.29 is 33.3 Å². The molecule has 6 atom stereocenters. The van der Waals surface area contributed by atoms with Crippen LogP contribution in [-0.2, 0) is 28.5 Å². The van der Waals surface area contributed by atoms with Crippen LogP contribution in [-0.4, -0.2) is 53.1 Å². The standard InChI is InChI=1S/C32H43NO7/c1-19(2)32-18-24(37-28(35)21(4)33-29(36)39-30(5,6)7)31(8,40-32)23-16-14-20(3)26(23)27(32)38-25(34)17-15-22-12-10-9-11-13-22/h9-13,15,17,19,21,23-24,27H,14,16,18H2,1-8H3,(H,33,36)/t21-,23-,24-,27+,31+,32-/m1/s1. The SMILES string of the molecule is CC1=C2[C@@H](CC1)[C@]1(C)O[C@@](C(C)C)(C[C@H]1OC(=O)[C@@H](C)NC(=O)OC(C)(C)C)[C@H]2OC(=O)C=Cc1ccccc1. The minimum absolute atomic E-state index is 0.0365. The van der Waals surface area contributed by atoms with Crippen LogP contribution in [0.5, 0.6) is 0 Å². The van der Waals surface area contributed by atoms with Crippen LogP contribution in [0.1, 0.15) is 80.2 Å². The zero-order valence-electron chi connectivity index (χ0n) is 24.9. The maximum atomic E-state index is 13.2. The predicted octanol–water partition coefficient (Wildman–Crippen LogP) is 5.75. The molecule has 1 aliphatic carbocycles. The fourth-order valence-electron chi connectivity index (χ4n) is 6.34. The second kappa shape index (κ2) is 11.0. The zero-order valence-corrected chi connectivity index (χ0v) is 24.9. The molecule has 40 heavy (non-hydrogen) atoms. The van der Waals surface area contributed by atoms with E-state index in [2.05, 4.69) is 12.2 Å². The third-order valence-corrected chi connectivity index (χ3v) is 8.42. The molecule has 0 radical (unpaired) electrons. The molecule has 2 fully saturated rings. The molecule has 4 rings (SSSR count). The molecule has 0 aromatic heterocycles. The summed E-state index contributed by atoms with van der Waals surface area (Å²) in [6, 6.07) is 8.67. The number of alkyl carbamates (subject to hydrolysis) is 1. The van der Waals surface area contributed by atoms with Gasteiger partial charge in [-0.15, -0.1) is 0 Å². The Hall–Kier alpha value is -3.13. The van der Waals surface area contributed by atoms with Crippen molar-refractivity contribution in [1.29, 1.82) is 0 Å². The van der Waals surface area contributed by atoms with Gasteiger partial charge in [0, 0.05) is 18.4 Å². The Bertz CT molecular complexity index is 1200. The van der Waals surface area contributed by atoms with Crippen LogP contribution >= 0.6 is 0 Å². The number of fused-ring (bicyclic) bond motifs is 4. The van der Waals surface area contributed by atoms with Gasteiger partial charge in [-0.2, -0.15) is 0 Å². The number of esters is 2. The average molecular weight is 554 g/mol. The van der Waals surface area contributed by atoms with E-state index in [-0.39, 0.29) is 11.8 Å². The lowest BCUT2D eigenvalue weighted by atomic mass is 9.74. The van der Waals surface area contributed by atoms with Crippen molar-refractivity contribution in [2.24, 2.45) is 11.8 Å². The highest BCUT2D eigenvalue weighted by Crippen LogP contribution is 2.61. The van der Waals surface area contributed by atoms with Crippen molar-refractivity contribution in [1.82, 2.24) is 5.32 Å². The molecule has 3 aliphatic rings. The van der Waals surface area contributed by atoms with Crippen LogP contribution in [0.25, 0.3) is 6.08 Å². The number of benzene rings is 1. The summed E-state index contributed by atoms with van der Waals surface area (Å²) in [5, 5.41) is 2.57. The highest BCUT2D eigenvalue weighted by molar-refractivity contribution is 5.87. The van der Waals surface area contributed by atoms with E-state index >= 15 is 0 Å². The van der Waals surface area contributed by atoms with Gasteiger partial charge in [0.1, 0.15) is 28.9 Å². The van der Waals surface area contributed by atoms with E-state index < -0.39 is 53.1 Å². The van der Waals surface area contributed by atoms with Crippen molar-refractivity contribution in [3.05, 3.63) is 53.1 Å². The van der Waals surface area contributed by atoms with Crippen LogP contribution in [0.4, 0.5) is 4.79 Å². The van der Waals surface area contributed by atoms with E-state index in [0.29, 0.717) is 6.42 Å². The average Bonchev–Trinajstić information content (AvgIpc) is 3.37. The van der Waals surface area contributed by atoms with Crippen molar-refractivity contribution >= 4 is 24.1 Å². The topological polar surface area (TPSA) is 100 Å². The predicted molar refractivity (Wildman–Crippen MR) is 151 cm³/mol. The number of nitrogens with one attached hydrogen (secondary N) is 1. The third-order valence-electron chi connectivity index (χ3n) is 8.42. The summed E-state index contributed by atoms with van der Waals surface area (Å²) in [7, 11) is 0. The van der Waals surface area contributed by atoms with E-state index in [1.165, 1.54) is 11.6 Å². The Labute approximate surface area is 237 Å². The second-order valence-corrected chi connectivity index (χ2v) is 12.8. The fourth-order valence-corrected chi connectivity index (χ4v) is 6.34. The van der Waals surface area contributed by atoms with Crippen molar-refractivity contribution in [2.45, 2.75) is 110 Å². The van der Waals surface area contributed by atoms with Crippen LogP contribution in [0.15, 0.2) is 47.6 Å². The smallest absolute Gasteiger partial charge is 0.408 e. The molecule has 1 N–H and O–H groups in total. The zero-order chi connectivity index (χ0) is 29.5. The monoisotopic (exact) mass is 553 g/mol. The van der Waals surface area contributed by atoms with Gasteiger partial charge in [-0.05, 0) is 77.5 Å². The Morgan fingerprint density at radius 1 is 1.10 bits per heavy atom. The first-order chi connectivity index (χ1) is 18.7. The quantitative estimate of drug-likeness (QED) is 0.199.